The van der Waals surface area contributed by atoms with E-state index in [0.717, 1.165) is 44.0 Å². The standard InChI is InChI=1S/C18H20ClN3OS/c19-16-6-1-2-7-17(16)20-18(24)22-10-8-21(9-11-22)13-14-4-3-5-15(23)12-14/h1-7,12,23H,8-11,13H2,(H,20,24). The minimum Gasteiger partial charge on any atom is -0.508 e. The molecule has 1 saturated heterocycles. The lowest BCUT2D eigenvalue weighted by atomic mass is 10.2. The first kappa shape index (κ1) is 17.0. The van der Waals surface area contributed by atoms with Crippen LogP contribution in [-0.4, -0.2) is 46.2 Å². The Morgan fingerprint density at radius 3 is 2.54 bits per heavy atom. The van der Waals surface area contributed by atoms with E-state index in [1.807, 2.05) is 42.5 Å². The van der Waals surface area contributed by atoms with Gasteiger partial charge >= 0.3 is 0 Å². The Morgan fingerprint density at radius 2 is 1.83 bits per heavy atom. The third-order valence-corrected chi connectivity index (χ3v) is 4.78. The lowest BCUT2D eigenvalue weighted by Crippen LogP contribution is -2.49. The smallest absolute Gasteiger partial charge is 0.173 e. The molecule has 0 unspecified atom stereocenters. The molecule has 3 rings (SSSR count). The van der Waals surface area contributed by atoms with Gasteiger partial charge in [-0.05, 0) is 42.0 Å². The summed E-state index contributed by atoms with van der Waals surface area (Å²) in [7, 11) is 0. The van der Waals surface area contributed by atoms with Gasteiger partial charge in [0.05, 0.1) is 10.7 Å². The average molecular weight is 362 g/mol. The zero-order chi connectivity index (χ0) is 16.9. The normalized spacial score (nSPS) is 15.3. The maximum Gasteiger partial charge on any atom is 0.173 e. The van der Waals surface area contributed by atoms with Gasteiger partial charge in [0.2, 0.25) is 0 Å². The van der Waals surface area contributed by atoms with Crippen LogP contribution in [0.25, 0.3) is 0 Å². The number of hydrogen-bond acceptors (Lipinski definition) is 3. The highest BCUT2D eigenvalue weighted by atomic mass is 35.5. The predicted octanol–water partition coefficient (Wildman–Crippen LogP) is 3.56. The third-order valence-electron chi connectivity index (χ3n) is 4.09. The van der Waals surface area contributed by atoms with Gasteiger partial charge in [-0.15, -0.1) is 0 Å². The van der Waals surface area contributed by atoms with Crippen LogP contribution in [0.5, 0.6) is 5.75 Å². The molecule has 24 heavy (non-hydrogen) atoms. The van der Waals surface area contributed by atoms with Crippen LogP contribution in [0.15, 0.2) is 48.5 Å². The van der Waals surface area contributed by atoms with Crippen LogP contribution < -0.4 is 5.32 Å². The summed E-state index contributed by atoms with van der Waals surface area (Å²) < 4.78 is 0. The number of benzene rings is 2. The number of phenolic OH excluding ortho intramolecular Hbond substituents is 1. The summed E-state index contributed by atoms with van der Waals surface area (Å²) in [5, 5.41) is 14.2. The Morgan fingerprint density at radius 1 is 1.08 bits per heavy atom. The molecule has 0 amide bonds. The van der Waals surface area contributed by atoms with E-state index in [9.17, 15) is 5.11 Å². The zero-order valence-electron chi connectivity index (χ0n) is 13.3. The van der Waals surface area contributed by atoms with Crippen molar-refractivity contribution in [1.82, 2.24) is 9.80 Å². The fourth-order valence-corrected chi connectivity index (χ4v) is 3.25. The Labute approximate surface area is 152 Å². The van der Waals surface area contributed by atoms with E-state index in [4.69, 9.17) is 23.8 Å². The van der Waals surface area contributed by atoms with Crippen molar-refractivity contribution < 1.29 is 5.11 Å². The Bertz CT molecular complexity index is 717. The molecule has 0 bridgehead atoms. The van der Waals surface area contributed by atoms with Gasteiger partial charge in [-0.3, -0.25) is 4.90 Å². The molecule has 1 aliphatic rings. The second-order valence-corrected chi connectivity index (χ2v) is 6.64. The van der Waals surface area contributed by atoms with Crippen LogP contribution >= 0.6 is 23.8 Å². The molecule has 126 valence electrons. The quantitative estimate of drug-likeness (QED) is 0.818. The maximum absolute atomic E-state index is 9.56. The number of nitrogens with zero attached hydrogens (tertiary/aromatic N) is 2. The lowest BCUT2D eigenvalue weighted by molar-refractivity contribution is 0.177. The van der Waals surface area contributed by atoms with Crippen molar-refractivity contribution in [2.45, 2.75) is 6.54 Å². The number of thiocarbonyl (C=S) groups is 1. The summed E-state index contributed by atoms with van der Waals surface area (Å²) in [6.07, 6.45) is 0. The van der Waals surface area contributed by atoms with E-state index >= 15 is 0 Å². The zero-order valence-corrected chi connectivity index (χ0v) is 14.9. The molecule has 2 aromatic rings. The number of anilines is 1. The fourth-order valence-electron chi connectivity index (χ4n) is 2.78. The van der Waals surface area contributed by atoms with Gasteiger partial charge in [0.25, 0.3) is 0 Å². The van der Waals surface area contributed by atoms with Gasteiger partial charge in [-0.1, -0.05) is 35.9 Å². The fraction of sp³-hybridized carbons (Fsp3) is 0.278. The van der Waals surface area contributed by atoms with Gasteiger partial charge in [-0.25, -0.2) is 0 Å². The molecular formula is C18H20ClN3OS. The highest BCUT2D eigenvalue weighted by Crippen LogP contribution is 2.21. The van der Waals surface area contributed by atoms with Crippen molar-refractivity contribution in [3.63, 3.8) is 0 Å². The van der Waals surface area contributed by atoms with Crippen molar-refractivity contribution in [3.8, 4) is 5.75 Å². The van der Waals surface area contributed by atoms with Crippen LogP contribution in [0.4, 0.5) is 5.69 Å². The number of piperazine rings is 1. The Kier molecular flexibility index (Phi) is 5.56. The molecule has 0 radical (unpaired) electrons. The molecule has 0 aromatic heterocycles. The van der Waals surface area contributed by atoms with Crippen molar-refractivity contribution in [2.24, 2.45) is 0 Å². The van der Waals surface area contributed by atoms with Crippen molar-refractivity contribution in [1.29, 1.82) is 0 Å². The second-order valence-electron chi connectivity index (χ2n) is 5.84. The van der Waals surface area contributed by atoms with Gasteiger partial charge in [0.1, 0.15) is 5.75 Å². The van der Waals surface area contributed by atoms with E-state index in [2.05, 4.69) is 15.1 Å². The molecule has 0 aliphatic carbocycles. The molecule has 0 atom stereocenters. The number of halogens is 1. The summed E-state index contributed by atoms with van der Waals surface area (Å²) in [6, 6.07) is 15.0. The first-order chi connectivity index (χ1) is 11.6. The van der Waals surface area contributed by atoms with Gasteiger partial charge in [-0.2, -0.15) is 0 Å². The topological polar surface area (TPSA) is 38.7 Å². The van der Waals surface area contributed by atoms with Crippen molar-refractivity contribution >= 4 is 34.6 Å². The summed E-state index contributed by atoms with van der Waals surface area (Å²) in [5.41, 5.74) is 1.96. The molecule has 4 nitrogen and oxygen atoms in total. The summed E-state index contributed by atoms with van der Waals surface area (Å²) in [5.74, 6) is 0.316. The van der Waals surface area contributed by atoms with Gasteiger partial charge in [0.15, 0.2) is 5.11 Å². The minimum absolute atomic E-state index is 0.316. The summed E-state index contributed by atoms with van der Waals surface area (Å²) in [4.78, 5) is 4.53. The third kappa shape index (κ3) is 4.38. The van der Waals surface area contributed by atoms with Crippen molar-refractivity contribution in [3.05, 3.63) is 59.1 Å². The first-order valence-corrected chi connectivity index (χ1v) is 8.71. The van der Waals surface area contributed by atoms with Crippen LogP contribution in [0.3, 0.4) is 0 Å². The lowest BCUT2D eigenvalue weighted by Gasteiger charge is -2.36. The summed E-state index contributed by atoms with van der Waals surface area (Å²) >= 11 is 11.7. The molecule has 2 aromatic carbocycles. The van der Waals surface area contributed by atoms with Gasteiger partial charge in [0, 0.05) is 32.7 Å². The second kappa shape index (κ2) is 7.83. The number of rotatable bonds is 3. The maximum atomic E-state index is 9.56. The van der Waals surface area contributed by atoms with Crippen molar-refractivity contribution in [2.75, 3.05) is 31.5 Å². The van der Waals surface area contributed by atoms with E-state index in [1.165, 1.54) is 0 Å². The molecule has 2 N–H and O–H groups in total. The highest BCUT2D eigenvalue weighted by molar-refractivity contribution is 7.80. The largest absolute Gasteiger partial charge is 0.508 e. The number of aromatic hydroxyl groups is 1. The Hall–Kier alpha value is -1.82. The number of para-hydroxylation sites is 1. The van der Waals surface area contributed by atoms with E-state index in [0.29, 0.717) is 15.9 Å². The number of hydrogen-bond donors (Lipinski definition) is 2. The molecule has 6 heteroatoms. The van der Waals surface area contributed by atoms with Gasteiger partial charge < -0.3 is 15.3 Å². The Balaban J connectivity index is 1.51. The summed E-state index contributed by atoms with van der Waals surface area (Å²) in [6.45, 7) is 4.44. The SMILES string of the molecule is Oc1cccc(CN2CCN(C(=S)Nc3ccccc3Cl)CC2)c1. The molecular weight excluding hydrogens is 342 g/mol. The van der Waals surface area contributed by atoms with E-state index in [1.54, 1.807) is 6.07 Å². The molecule has 0 saturated carbocycles. The predicted molar refractivity (Wildman–Crippen MR) is 103 cm³/mol. The van der Waals surface area contributed by atoms with Crippen LogP contribution in [-0.2, 0) is 6.54 Å². The number of phenols is 1. The van der Waals surface area contributed by atoms with Crippen LogP contribution in [0, 0.1) is 0 Å². The number of nitrogens with one attached hydrogen (secondary N) is 1. The monoisotopic (exact) mass is 361 g/mol. The average Bonchev–Trinajstić information content (AvgIpc) is 2.57. The molecule has 1 aliphatic heterocycles. The molecule has 1 fully saturated rings. The van der Waals surface area contributed by atoms with E-state index in [-0.39, 0.29) is 0 Å². The first-order valence-electron chi connectivity index (χ1n) is 7.92. The minimum atomic E-state index is 0.316. The molecule has 0 spiro atoms. The van der Waals surface area contributed by atoms with E-state index < -0.39 is 0 Å². The van der Waals surface area contributed by atoms with Crippen LogP contribution in [0.2, 0.25) is 5.02 Å². The van der Waals surface area contributed by atoms with Crippen LogP contribution in [0.1, 0.15) is 5.56 Å². The molecule has 1 heterocycles. The highest BCUT2D eigenvalue weighted by Gasteiger charge is 2.19.